The average molecular weight is 931 g/mol. The third kappa shape index (κ3) is 50.4. The largest absolute Gasteiger partial charge is 0.472 e. The lowest BCUT2D eigenvalue weighted by atomic mass is 10.0. The van der Waals surface area contributed by atoms with Crippen molar-refractivity contribution in [1.82, 2.24) is 0 Å². The number of carbonyl (C=O) groups excluding carboxylic acids is 2. The standard InChI is InChI=1S/C54H108NO8P/c1-6-8-10-12-14-16-18-20-21-22-23-24-25-26-27-28-29-30-31-32-33-34-35-37-39-41-43-45-47-54(57)63-52(51-62-64(58,59)61-49-48-55(3,4)5)50-60-53(56)46-44-42-40-38-36-19-17-15-13-11-9-7-2/h52H,6-51H2,1-5H3/p+1. The zero-order chi connectivity index (χ0) is 47.1. The Balaban J connectivity index is 4.02. The summed E-state index contributed by atoms with van der Waals surface area (Å²) >= 11 is 0. The normalized spacial score (nSPS) is 13.3. The lowest BCUT2D eigenvalue weighted by Crippen LogP contribution is -2.37. The number of rotatable bonds is 52. The van der Waals surface area contributed by atoms with Gasteiger partial charge in [0.05, 0.1) is 27.7 Å². The average Bonchev–Trinajstić information content (AvgIpc) is 3.25. The van der Waals surface area contributed by atoms with Gasteiger partial charge in [-0.15, -0.1) is 0 Å². The van der Waals surface area contributed by atoms with Gasteiger partial charge in [0, 0.05) is 12.8 Å². The predicted molar refractivity (Wildman–Crippen MR) is 271 cm³/mol. The van der Waals surface area contributed by atoms with E-state index in [0.717, 1.165) is 38.5 Å². The molecular formula is C54H109NO8P+. The van der Waals surface area contributed by atoms with Gasteiger partial charge in [0.25, 0.3) is 0 Å². The fraction of sp³-hybridized carbons (Fsp3) is 0.963. The van der Waals surface area contributed by atoms with Crippen molar-refractivity contribution in [3.8, 4) is 0 Å². The van der Waals surface area contributed by atoms with Crippen molar-refractivity contribution >= 4 is 19.8 Å². The maximum Gasteiger partial charge on any atom is 0.472 e. The van der Waals surface area contributed by atoms with Crippen LogP contribution in [0.15, 0.2) is 0 Å². The molecule has 9 nitrogen and oxygen atoms in total. The van der Waals surface area contributed by atoms with Crippen LogP contribution in [-0.2, 0) is 32.7 Å². The molecule has 0 saturated heterocycles. The van der Waals surface area contributed by atoms with E-state index in [0.29, 0.717) is 17.4 Å². The Morgan fingerprint density at radius 1 is 0.422 bits per heavy atom. The molecule has 0 radical (unpaired) electrons. The SMILES string of the molecule is CCCCCCCCCCCCCCCCCCCCCCCCCCCCCCC(=O)OC(COC(=O)CCCCCCCCCCCCCC)COP(=O)(O)OCC[N+](C)(C)C. The molecule has 0 amide bonds. The van der Waals surface area contributed by atoms with Crippen LogP contribution in [0.25, 0.3) is 0 Å². The fourth-order valence-corrected chi connectivity index (χ4v) is 9.05. The third-order valence-corrected chi connectivity index (χ3v) is 13.6. The van der Waals surface area contributed by atoms with Crippen LogP contribution in [-0.4, -0.2) is 74.9 Å². The lowest BCUT2D eigenvalue weighted by Gasteiger charge is -2.24. The van der Waals surface area contributed by atoms with E-state index in [-0.39, 0.29) is 25.6 Å². The lowest BCUT2D eigenvalue weighted by molar-refractivity contribution is -0.870. The van der Waals surface area contributed by atoms with E-state index >= 15 is 0 Å². The second kappa shape index (κ2) is 47.1. The van der Waals surface area contributed by atoms with Crippen LogP contribution in [0.2, 0.25) is 0 Å². The monoisotopic (exact) mass is 931 g/mol. The highest BCUT2D eigenvalue weighted by atomic mass is 31.2. The molecule has 2 atom stereocenters. The molecule has 0 aliphatic carbocycles. The Kier molecular flexibility index (Phi) is 46.4. The number of phosphoric acid groups is 1. The number of likely N-dealkylation sites (N-methyl/N-ethyl adjacent to an activating group) is 1. The summed E-state index contributed by atoms with van der Waals surface area (Å²) in [6.07, 6.45) is 51.8. The van der Waals surface area contributed by atoms with Crippen molar-refractivity contribution in [3.63, 3.8) is 0 Å². The number of unbranched alkanes of at least 4 members (excludes halogenated alkanes) is 38. The topological polar surface area (TPSA) is 108 Å². The zero-order valence-corrected chi connectivity index (χ0v) is 44.2. The minimum absolute atomic E-state index is 0.0371. The van der Waals surface area contributed by atoms with E-state index in [9.17, 15) is 19.0 Å². The summed E-state index contributed by atoms with van der Waals surface area (Å²) in [4.78, 5) is 35.5. The molecule has 0 aliphatic rings. The molecule has 0 fully saturated rings. The number of carbonyl (C=O) groups is 2. The Bertz CT molecular complexity index is 1050. The first-order valence-corrected chi connectivity index (χ1v) is 29.3. The van der Waals surface area contributed by atoms with E-state index in [4.69, 9.17) is 18.5 Å². The first-order valence-electron chi connectivity index (χ1n) is 27.8. The van der Waals surface area contributed by atoms with Crippen molar-refractivity contribution in [1.29, 1.82) is 0 Å². The van der Waals surface area contributed by atoms with Gasteiger partial charge in [-0.1, -0.05) is 258 Å². The first kappa shape index (κ1) is 63.0. The van der Waals surface area contributed by atoms with E-state index in [1.807, 2.05) is 21.1 Å². The summed E-state index contributed by atoms with van der Waals surface area (Å²) in [7, 11) is 1.50. The van der Waals surface area contributed by atoms with Gasteiger partial charge in [-0.05, 0) is 12.8 Å². The molecule has 0 saturated carbocycles. The summed E-state index contributed by atoms with van der Waals surface area (Å²) in [5.74, 6) is -0.778. The molecule has 0 aromatic heterocycles. The Labute approximate surface area is 397 Å². The molecular weight excluding hydrogens is 822 g/mol. The maximum absolute atomic E-state index is 12.8. The second-order valence-electron chi connectivity index (χ2n) is 20.3. The van der Waals surface area contributed by atoms with E-state index in [1.54, 1.807) is 0 Å². The first-order chi connectivity index (χ1) is 31.0. The summed E-state index contributed by atoms with van der Waals surface area (Å²) in [5, 5.41) is 0. The molecule has 0 aliphatic heterocycles. The van der Waals surface area contributed by atoms with Gasteiger partial charge in [0.2, 0.25) is 0 Å². The van der Waals surface area contributed by atoms with Crippen molar-refractivity contribution in [2.75, 3.05) is 47.5 Å². The number of esters is 2. The molecule has 10 heteroatoms. The molecule has 64 heavy (non-hydrogen) atoms. The molecule has 1 N–H and O–H groups in total. The highest BCUT2D eigenvalue weighted by Crippen LogP contribution is 2.43. The summed E-state index contributed by atoms with van der Waals surface area (Å²) in [6.45, 7) is 4.48. The second-order valence-corrected chi connectivity index (χ2v) is 21.8. The van der Waals surface area contributed by atoms with Crippen molar-refractivity contribution in [3.05, 3.63) is 0 Å². The van der Waals surface area contributed by atoms with E-state index in [1.165, 1.54) is 218 Å². The summed E-state index contributed by atoms with van der Waals surface area (Å²) in [5.41, 5.74) is 0. The van der Waals surface area contributed by atoms with Gasteiger partial charge in [0.15, 0.2) is 6.10 Å². The third-order valence-electron chi connectivity index (χ3n) is 12.6. The molecule has 0 spiro atoms. The molecule has 0 aromatic rings. The van der Waals surface area contributed by atoms with Crippen LogP contribution in [0.3, 0.4) is 0 Å². The van der Waals surface area contributed by atoms with Gasteiger partial charge in [0.1, 0.15) is 19.8 Å². The van der Waals surface area contributed by atoms with Crippen LogP contribution >= 0.6 is 7.82 Å². The van der Waals surface area contributed by atoms with Gasteiger partial charge < -0.3 is 18.9 Å². The van der Waals surface area contributed by atoms with Crippen molar-refractivity contribution in [2.45, 2.75) is 290 Å². The number of nitrogens with zero attached hydrogens (tertiary/aromatic N) is 1. The molecule has 0 heterocycles. The van der Waals surface area contributed by atoms with Gasteiger partial charge in [-0.3, -0.25) is 18.6 Å². The highest BCUT2D eigenvalue weighted by molar-refractivity contribution is 7.47. The highest BCUT2D eigenvalue weighted by Gasteiger charge is 2.27. The van der Waals surface area contributed by atoms with Crippen molar-refractivity contribution in [2.24, 2.45) is 0 Å². The van der Waals surface area contributed by atoms with Crippen LogP contribution < -0.4 is 0 Å². The van der Waals surface area contributed by atoms with Gasteiger partial charge in [-0.2, -0.15) is 0 Å². The molecule has 0 rings (SSSR count). The quantitative estimate of drug-likeness (QED) is 0.0278. The van der Waals surface area contributed by atoms with Crippen LogP contribution in [0, 0.1) is 0 Å². The minimum Gasteiger partial charge on any atom is -0.462 e. The smallest absolute Gasteiger partial charge is 0.462 e. The Morgan fingerprint density at radius 2 is 0.703 bits per heavy atom. The van der Waals surface area contributed by atoms with Crippen LogP contribution in [0.1, 0.15) is 284 Å². The summed E-state index contributed by atoms with van der Waals surface area (Å²) < 4.78 is 34.5. The molecule has 2 unspecified atom stereocenters. The molecule has 0 bridgehead atoms. The van der Waals surface area contributed by atoms with E-state index in [2.05, 4.69) is 13.8 Å². The van der Waals surface area contributed by atoms with Crippen molar-refractivity contribution < 1.29 is 42.1 Å². The number of phosphoric ester groups is 1. The Morgan fingerprint density at radius 3 is 1.00 bits per heavy atom. The summed E-state index contributed by atoms with van der Waals surface area (Å²) in [6, 6.07) is 0. The van der Waals surface area contributed by atoms with Crippen LogP contribution in [0.5, 0.6) is 0 Å². The Hall–Kier alpha value is -0.990. The maximum atomic E-state index is 12.8. The molecule has 382 valence electrons. The minimum atomic E-state index is -4.37. The number of quaternary nitrogens is 1. The van der Waals surface area contributed by atoms with Crippen LogP contribution in [0.4, 0.5) is 0 Å². The van der Waals surface area contributed by atoms with Gasteiger partial charge >= 0.3 is 19.8 Å². The predicted octanol–water partition coefficient (Wildman–Crippen LogP) is 16.7. The number of hydrogen-bond donors (Lipinski definition) is 1. The zero-order valence-electron chi connectivity index (χ0n) is 43.3. The number of hydrogen-bond acceptors (Lipinski definition) is 7. The fourth-order valence-electron chi connectivity index (χ4n) is 8.31. The van der Waals surface area contributed by atoms with E-state index < -0.39 is 26.5 Å². The molecule has 0 aromatic carbocycles. The van der Waals surface area contributed by atoms with Gasteiger partial charge in [-0.25, -0.2) is 4.57 Å². The number of ether oxygens (including phenoxy) is 2.